The zero-order chi connectivity index (χ0) is 12.1. The fourth-order valence-electron chi connectivity index (χ4n) is 1.01. The molecule has 90 valence electrons. The van der Waals surface area contributed by atoms with Crippen LogP contribution >= 0.6 is 15.9 Å². The largest absolute Gasteiger partial charge is 0.443 e. The molecule has 0 fully saturated rings. The quantitative estimate of drug-likeness (QED) is 0.860. The molecule has 1 aromatic heterocycles. The van der Waals surface area contributed by atoms with E-state index in [4.69, 9.17) is 9.84 Å². The van der Waals surface area contributed by atoms with Crippen molar-refractivity contribution in [2.45, 2.75) is 19.6 Å². The number of rotatable bonds is 4. The highest BCUT2D eigenvalue weighted by Gasteiger charge is 2.09. The Labute approximate surface area is 102 Å². The van der Waals surface area contributed by atoms with Crippen molar-refractivity contribution in [1.29, 1.82) is 0 Å². The van der Waals surface area contributed by atoms with E-state index in [9.17, 15) is 4.79 Å². The first kappa shape index (κ1) is 13.0. The summed E-state index contributed by atoms with van der Waals surface area (Å²) in [5.41, 5.74) is 0.771. The van der Waals surface area contributed by atoms with Crippen LogP contribution < -0.4 is 5.32 Å². The number of halogens is 1. The van der Waals surface area contributed by atoms with E-state index < -0.39 is 12.2 Å². The highest BCUT2D eigenvalue weighted by atomic mass is 79.9. The van der Waals surface area contributed by atoms with Gasteiger partial charge in [-0.3, -0.25) is 4.68 Å². The zero-order valence-electron chi connectivity index (χ0n) is 9.11. The second-order valence-corrected chi connectivity index (χ2v) is 4.22. The molecule has 1 heterocycles. The van der Waals surface area contributed by atoms with E-state index in [2.05, 4.69) is 26.3 Å². The first-order valence-electron chi connectivity index (χ1n) is 4.75. The molecule has 0 spiro atoms. The van der Waals surface area contributed by atoms with Crippen LogP contribution in [0, 0.1) is 0 Å². The van der Waals surface area contributed by atoms with Gasteiger partial charge in [0, 0.05) is 13.6 Å². The summed E-state index contributed by atoms with van der Waals surface area (Å²) < 4.78 is 7.35. The lowest BCUT2D eigenvalue weighted by molar-refractivity contribution is 0.127. The van der Waals surface area contributed by atoms with Crippen LogP contribution in [0.5, 0.6) is 0 Å². The molecule has 0 saturated carbocycles. The van der Waals surface area contributed by atoms with Crippen LogP contribution in [0.3, 0.4) is 0 Å². The number of nitrogens with one attached hydrogen (secondary N) is 1. The molecule has 1 aromatic rings. The first-order valence-corrected chi connectivity index (χ1v) is 5.55. The van der Waals surface area contributed by atoms with Gasteiger partial charge in [0.1, 0.15) is 6.61 Å². The van der Waals surface area contributed by atoms with Crippen LogP contribution in [0.15, 0.2) is 10.7 Å². The van der Waals surface area contributed by atoms with Crippen molar-refractivity contribution < 1.29 is 14.6 Å². The van der Waals surface area contributed by atoms with Gasteiger partial charge < -0.3 is 15.2 Å². The lowest BCUT2D eigenvalue weighted by Crippen LogP contribution is -2.31. The van der Waals surface area contributed by atoms with Crippen molar-refractivity contribution in [2.24, 2.45) is 7.05 Å². The molecule has 0 unspecified atom stereocenters. The van der Waals surface area contributed by atoms with Crippen molar-refractivity contribution in [3.8, 4) is 0 Å². The van der Waals surface area contributed by atoms with Gasteiger partial charge in [0.2, 0.25) is 0 Å². The van der Waals surface area contributed by atoms with Crippen molar-refractivity contribution in [3.63, 3.8) is 0 Å². The molecule has 7 heteroatoms. The van der Waals surface area contributed by atoms with Crippen LogP contribution in [-0.2, 0) is 18.4 Å². The third-order valence-electron chi connectivity index (χ3n) is 1.89. The van der Waals surface area contributed by atoms with E-state index in [-0.39, 0.29) is 13.2 Å². The van der Waals surface area contributed by atoms with Gasteiger partial charge in [-0.25, -0.2) is 4.79 Å². The fraction of sp³-hybridized carbons (Fsp3) is 0.556. The number of aliphatic hydroxyl groups excluding tert-OH is 1. The maximum atomic E-state index is 11.2. The number of aromatic nitrogens is 2. The van der Waals surface area contributed by atoms with E-state index in [1.165, 1.54) is 0 Å². The van der Waals surface area contributed by atoms with Crippen LogP contribution in [0.4, 0.5) is 4.79 Å². The highest BCUT2D eigenvalue weighted by Crippen LogP contribution is 2.15. The van der Waals surface area contributed by atoms with E-state index >= 15 is 0 Å². The Morgan fingerprint density at radius 3 is 3.00 bits per heavy atom. The van der Waals surface area contributed by atoms with Gasteiger partial charge >= 0.3 is 6.09 Å². The fourth-order valence-corrected chi connectivity index (χ4v) is 1.48. The zero-order valence-corrected chi connectivity index (χ0v) is 10.7. The van der Waals surface area contributed by atoms with Gasteiger partial charge in [0.25, 0.3) is 0 Å². The minimum atomic E-state index is -0.587. The van der Waals surface area contributed by atoms with Crippen molar-refractivity contribution in [2.75, 3.05) is 6.54 Å². The van der Waals surface area contributed by atoms with E-state index in [1.807, 2.05) is 0 Å². The SMILES string of the molecule is C[C@H](O)CNC(=O)OCc1c(Br)cnn1C. The molecule has 6 nitrogen and oxygen atoms in total. The van der Waals surface area contributed by atoms with Crippen molar-refractivity contribution in [1.82, 2.24) is 15.1 Å². The van der Waals surface area contributed by atoms with E-state index in [0.717, 1.165) is 10.2 Å². The third kappa shape index (κ3) is 3.82. The molecular weight excluding hydrogens is 278 g/mol. The Kier molecular flexibility index (Phi) is 4.75. The average molecular weight is 292 g/mol. The summed E-state index contributed by atoms with van der Waals surface area (Å²) in [6.45, 7) is 1.88. The Morgan fingerprint density at radius 2 is 2.50 bits per heavy atom. The molecule has 16 heavy (non-hydrogen) atoms. The first-order chi connectivity index (χ1) is 7.50. The number of hydrogen-bond acceptors (Lipinski definition) is 4. The number of aryl methyl sites for hydroxylation is 1. The van der Waals surface area contributed by atoms with Crippen molar-refractivity contribution >= 4 is 22.0 Å². The van der Waals surface area contributed by atoms with Gasteiger partial charge in [-0.15, -0.1) is 0 Å². The molecule has 0 aliphatic heterocycles. The maximum Gasteiger partial charge on any atom is 0.407 e. The molecule has 0 saturated heterocycles. The number of ether oxygens (including phenoxy) is 1. The summed E-state index contributed by atoms with van der Waals surface area (Å²) in [7, 11) is 1.76. The molecule has 2 N–H and O–H groups in total. The number of alkyl carbamates (subject to hydrolysis) is 1. The van der Waals surface area contributed by atoms with Gasteiger partial charge in [-0.1, -0.05) is 0 Å². The summed E-state index contributed by atoms with van der Waals surface area (Å²) in [5, 5.41) is 15.4. The molecule has 1 amide bonds. The van der Waals surface area contributed by atoms with Crippen LogP contribution in [0.2, 0.25) is 0 Å². The van der Waals surface area contributed by atoms with Gasteiger partial charge in [0.05, 0.1) is 22.5 Å². The highest BCUT2D eigenvalue weighted by molar-refractivity contribution is 9.10. The van der Waals surface area contributed by atoms with Crippen LogP contribution in [0.1, 0.15) is 12.6 Å². The molecular formula is C9H14BrN3O3. The van der Waals surface area contributed by atoms with E-state index in [0.29, 0.717) is 0 Å². The molecule has 0 radical (unpaired) electrons. The lowest BCUT2D eigenvalue weighted by Gasteiger charge is -2.08. The lowest BCUT2D eigenvalue weighted by atomic mass is 10.4. The summed E-state index contributed by atoms with van der Waals surface area (Å²) in [5.74, 6) is 0. The summed E-state index contributed by atoms with van der Waals surface area (Å²) in [6, 6.07) is 0. The number of aliphatic hydroxyl groups is 1. The van der Waals surface area contributed by atoms with Crippen molar-refractivity contribution in [3.05, 3.63) is 16.4 Å². The summed E-state index contributed by atoms with van der Waals surface area (Å²) in [6.07, 6.45) is 0.483. The Balaban J connectivity index is 2.37. The van der Waals surface area contributed by atoms with E-state index in [1.54, 1.807) is 24.9 Å². The second-order valence-electron chi connectivity index (χ2n) is 3.37. The molecule has 0 aliphatic rings. The Hall–Kier alpha value is -1.08. The third-order valence-corrected chi connectivity index (χ3v) is 2.55. The number of carbonyl (C=O) groups is 1. The molecule has 1 atom stereocenters. The molecule has 0 aliphatic carbocycles. The van der Waals surface area contributed by atoms with Crippen LogP contribution in [0.25, 0.3) is 0 Å². The standard InChI is InChI=1S/C9H14BrN3O3/c1-6(14)3-11-9(15)16-5-8-7(10)4-12-13(8)2/h4,6,14H,3,5H2,1-2H3,(H,11,15)/t6-/m0/s1. The topological polar surface area (TPSA) is 76.4 Å². The molecule has 0 aromatic carbocycles. The second kappa shape index (κ2) is 5.86. The number of hydrogen-bond donors (Lipinski definition) is 2. The average Bonchev–Trinajstić information content (AvgIpc) is 2.53. The Bertz CT molecular complexity index is 345. The normalized spacial score (nSPS) is 12.2. The van der Waals surface area contributed by atoms with Gasteiger partial charge in [-0.2, -0.15) is 5.10 Å². The Morgan fingerprint density at radius 1 is 1.81 bits per heavy atom. The molecule has 1 rings (SSSR count). The minimum Gasteiger partial charge on any atom is -0.443 e. The monoisotopic (exact) mass is 291 g/mol. The summed E-state index contributed by atoms with van der Waals surface area (Å²) >= 11 is 3.29. The predicted octanol–water partition coefficient (Wildman–Crippen LogP) is 0.790. The number of nitrogens with zero attached hydrogens (tertiary/aromatic N) is 2. The minimum absolute atomic E-state index is 0.128. The maximum absolute atomic E-state index is 11.2. The van der Waals surface area contributed by atoms with Crippen LogP contribution in [-0.4, -0.2) is 33.6 Å². The number of carbonyl (C=O) groups excluding carboxylic acids is 1. The summed E-state index contributed by atoms with van der Waals surface area (Å²) in [4.78, 5) is 11.2. The molecule has 0 bridgehead atoms. The smallest absolute Gasteiger partial charge is 0.407 e. The van der Waals surface area contributed by atoms with Gasteiger partial charge in [0.15, 0.2) is 0 Å². The predicted molar refractivity (Wildman–Crippen MR) is 60.8 cm³/mol. The number of amides is 1. The van der Waals surface area contributed by atoms with Gasteiger partial charge in [-0.05, 0) is 22.9 Å².